The van der Waals surface area contributed by atoms with Crippen molar-refractivity contribution in [2.45, 2.75) is 0 Å². The molecule has 3 nitrogen and oxygen atoms in total. The molecule has 0 N–H and O–H groups in total. The van der Waals surface area contributed by atoms with Gasteiger partial charge in [0.05, 0.1) is 0 Å². The Morgan fingerprint density at radius 1 is 0.833 bits per heavy atom. The lowest BCUT2D eigenvalue weighted by molar-refractivity contribution is -0.112. The Hall–Kier alpha value is -1.000. The van der Waals surface area contributed by atoms with Crippen LogP contribution in [0.1, 0.15) is 11.1 Å². The predicted molar refractivity (Wildman–Crippen MR) is 115 cm³/mol. The van der Waals surface area contributed by atoms with E-state index in [0.29, 0.717) is 0 Å². The van der Waals surface area contributed by atoms with Gasteiger partial charge >= 0.3 is 0 Å². The SMILES string of the molecule is O=C(/C=C/c1ccc(I)cc1)CS(=O)(=O)/C=C/c1ccc(I)cc1. The molecule has 0 saturated carbocycles. The van der Waals surface area contributed by atoms with Crippen LogP contribution < -0.4 is 0 Å². The van der Waals surface area contributed by atoms with E-state index < -0.39 is 21.4 Å². The van der Waals surface area contributed by atoms with Crippen molar-refractivity contribution in [1.29, 1.82) is 0 Å². The minimum Gasteiger partial charge on any atom is -0.294 e. The van der Waals surface area contributed by atoms with Crippen LogP contribution in [0.25, 0.3) is 12.2 Å². The Morgan fingerprint density at radius 3 is 1.79 bits per heavy atom. The average Bonchev–Trinajstić information content (AvgIpc) is 2.53. The second-order valence-corrected chi connectivity index (χ2v) is 9.39. The van der Waals surface area contributed by atoms with Crippen LogP contribution in [0.5, 0.6) is 0 Å². The van der Waals surface area contributed by atoms with Crippen molar-refractivity contribution in [2.75, 3.05) is 5.75 Å². The Morgan fingerprint density at radius 2 is 1.29 bits per heavy atom. The van der Waals surface area contributed by atoms with Crippen molar-refractivity contribution < 1.29 is 13.2 Å². The number of rotatable bonds is 6. The monoisotopic (exact) mass is 564 g/mol. The van der Waals surface area contributed by atoms with Gasteiger partial charge in [-0.2, -0.15) is 0 Å². The maximum absolute atomic E-state index is 12.0. The van der Waals surface area contributed by atoms with E-state index in [9.17, 15) is 13.2 Å². The van der Waals surface area contributed by atoms with Crippen LogP contribution >= 0.6 is 45.2 Å². The average molecular weight is 564 g/mol. The predicted octanol–water partition coefficient (Wildman–Crippen LogP) is 4.56. The Balaban J connectivity index is 1.98. The van der Waals surface area contributed by atoms with Crippen molar-refractivity contribution >= 4 is 73.0 Å². The molecule has 24 heavy (non-hydrogen) atoms. The fraction of sp³-hybridized carbons (Fsp3) is 0.0556. The number of carbonyl (C=O) groups excluding carboxylic acids is 1. The number of allylic oxidation sites excluding steroid dienone is 1. The lowest BCUT2D eigenvalue weighted by atomic mass is 10.2. The Labute approximate surface area is 169 Å². The highest BCUT2D eigenvalue weighted by molar-refractivity contribution is 14.1. The summed E-state index contributed by atoms with van der Waals surface area (Å²) in [7, 11) is -3.58. The van der Waals surface area contributed by atoms with Crippen LogP contribution in [0.3, 0.4) is 0 Å². The van der Waals surface area contributed by atoms with E-state index in [2.05, 4.69) is 45.2 Å². The molecule has 0 heterocycles. The summed E-state index contributed by atoms with van der Waals surface area (Å²) in [4.78, 5) is 11.9. The van der Waals surface area contributed by atoms with E-state index in [4.69, 9.17) is 0 Å². The van der Waals surface area contributed by atoms with Crippen molar-refractivity contribution in [3.05, 3.63) is 78.3 Å². The number of halogens is 2. The fourth-order valence-electron chi connectivity index (χ4n) is 1.81. The van der Waals surface area contributed by atoms with Crippen LogP contribution in [0, 0.1) is 7.14 Å². The van der Waals surface area contributed by atoms with E-state index in [1.807, 2.05) is 48.5 Å². The lowest BCUT2D eigenvalue weighted by Crippen LogP contribution is -2.11. The minimum absolute atomic E-state index is 0.444. The molecule has 2 rings (SSSR count). The van der Waals surface area contributed by atoms with Gasteiger partial charge in [-0.1, -0.05) is 30.3 Å². The smallest absolute Gasteiger partial charge is 0.179 e. The van der Waals surface area contributed by atoms with E-state index in [-0.39, 0.29) is 0 Å². The van der Waals surface area contributed by atoms with Crippen molar-refractivity contribution in [1.82, 2.24) is 0 Å². The standard InChI is InChI=1S/C18H14I2O3S/c19-16-6-1-14(2-7-16)5-10-18(21)13-24(22,23)12-11-15-3-8-17(20)9-4-15/h1-12H,13H2/b10-5+,12-11+. The summed E-state index contributed by atoms with van der Waals surface area (Å²) in [6.45, 7) is 0. The molecule has 0 aromatic heterocycles. The Kier molecular flexibility index (Phi) is 7.17. The van der Waals surface area contributed by atoms with Crippen molar-refractivity contribution in [3.63, 3.8) is 0 Å². The van der Waals surface area contributed by atoms with Gasteiger partial charge in [-0.3, -0.25) is 4.79 Å². The largest absolute Gasteiger partial charge is 0.294 e. The molecular weight excluding hydrogens is 550 g/mol. The first-order valence-corrected chi connectivity index (χ1v) is 10.8. The van der Waals surface area contributed by atoms with Gasteiger partial charge in [0.15, 0.2) is 15.6 Å². The van der Waals surface area contributed by atoms with Gasteiger partial charge in [0.25, 0.3) is 0 Å². The van der Waals surface area contributed by atoms with E-state index in [1.165, 1.54) is 12.2 Å². The quantitative estimate of drug-likeness (QED) is 0.382. The molecule has 2 aromatic rings. The second kappa shape index (κ2) is 8.91. The summed E-state index contributed by atoms with van der Waals surface area (Å²) < 4.78 is 26.2. The third kappa shape index (κ3) is 6.86. The highest BCUT2D eigenvalue weighted by atomic mass is 127. The minimum atomic E-state index is -3.58. The Bertz CT molecular complexity index is 865. The molecule has 0 aliphatic carbocycles. The summed E-state index contributed by atoms with van der Waals surface area (Å²) in [5, 5.41) is 1.09. The molecule has 0 aliphatic rings. The first kappa shape index (κ1) is 19.3. The highest BCUT2D eigenvalue weighted by Gasteiger charge is 2.11. The zero-order chi connectivity index (χ0) is 17.6. The van der Waals surface area contributed by atoms with Gasteiger partial charge in [-0.15, -0.1) is 0 Å². The van der Waals surface area contributed by atoms with Gasteiger partial charge in [0.2, 0.25) is 0 Å². The molecule has 0 bridgehead atoms. The summed E-state index contributed by atoms with van der Waals surface area (Å²) in [5.41, 5.74) is 1.64. The molecule has 0 amide bonds. The fourth-order valence-corrected chi connectivity index (χ4v) is 3.49. The van der Waals surface area contributed by atoms with Gasteiger partial charge < -0.3 is 0 Å². The van der Waals surface area contributed by atoms with Crippen molar-refractivity contribution in [3.8, 4) is 0 Å². The number of sulfone groups is 1. The molecular formula is C18H14I2O3S. The second-order valence-electron chi connectivity index (χ2n) is 5.01. The maximum atomic E-state index is 12.0. The van der Waals surface area contributed by atoms with Gasteiger partial charge in [0, 0.05) is 12.5 Å². The lowest BCUT2D eigenvalue weighted by Gasteiger charge is -1.97. The summed E-state index contributed by atoms with van der Waals surface area (Å²) in [6, 6.07) is 15.0. The molecule has 2 aromatic carbocycles. The van der Waals surface area contributed by atoms with Crippen LogP contribution in [-0.4, -0.2) is 20.0 Å². The van der Waals surface area contributed by atoms with Crippen LogP contribution in [0.15, 0.2) is 60.0 Å². The molecule has 0 unspecified atom stereocenters. The summed E-state index contributed by atoms with van der Waals surface area (Å²) >= 11 is 4.37. The maximum Gasteiger partial charge on any atom is 0.179 e. The topological polar surface area (TPSA) is 51.2 Å². The normalized spacial score (nSPS) is 12.1. The third-order valence-electron chi connectivity index (χ3n) is 3.01. The summed E-state index contributed by atoms with van der Waals surface area (Å²) in [6.07, 6.45) is 4.43. The van der Waals surface area contributed by atoms with Crippen LogP contribution in [-0.2, 0) is 14.6 Å². The number of carbonyl (C=O) groups is 1. The summed E-state index contributed by atoms with van der Waals surface area (Å²) in [5.74, 6) is -0.977. The first-order valence-electron chi connectivity index (χ1n) is 6.97. The van der Waals surface area contributed by atoms with Crippen LogP contribution in [0.4, 0.5) is 0 Å². The highest BCUT2D eigenvalue weighted by Crippen LogP contribution is 2.10. The molecule has 0 aliphatic heterocycles. The zero-order valence-electron chi connectivity index (χ0n) is 12.5. The number of hydrogen-bond donors (Lipinski definition) is 0. The molecule has 124 valence electrons. The van der Waals surface area contributed by atoms with E-state index in [1.54, 1.807) is 6.08 Å². The number of benzene rings is 2. The number of hydrogen-bond acceptors (Lipinski definition) is 3. The zero-order valence-corrected chi connectivity index (χ0v) is 17.7. The van der Waals surface area contributed by atoms with Crippen LogP contribution in [0.2, 0.25) is 0 Å². The van der Waals surface area contributed by atoms with Gasteiger partial charge in [-0.25, -0.2) is 8.42 Å². The molecule has 6 heteroatoms. The van der Waals surface area contributed by atoms with E-state index >= 15 is 0 Å². The molecule has 0 spiro atoms. The van der Waals surface area contributed by atoms with Gasteiger partial charge in [0.1, 0.15) is 5.75 Å². The molecule has 0 radical (unpaired) electrons. The third-order valence-corrected chi connectivity index (χ3v) is 5.69. The van der Waals surface area contributed by atoms with E-state index in [0.717, 1.165) is 23.7 Å². The van der Waals surface area contributed by atoms with Crippen molar-refractivity contribution in [2.24, 2.45) is 0 Å². The molecule has 0 fully saturated rings. The first-order chi connectivity index (χ1) is 11.3. The van der Waals surface area contributed by atoms with Gasteiger partial charge in [-0.05, 0) is 92.7 Å². The number of ketones is 1. The molecule has 0 saturated heterocycles. The molecule has 0 atom stereocenters.